The standard InChI is InChI=1S/C15H17N3.C6H5BO3/c1-11-7-3-5-9-13(11)17-15(16)18-14-10-6-4-8-12(14)2;8-7-9-5-3-1-2-4-6(5)10-7/h3-10H,1-2H3,(H3,16,17,18);1-4,8H. The molecule has 3 aromatic rings. The Labute approximate surface area is 164 Å². The number of benzene rings is 3. The number of fused-ring (bicyclic) bond motifs is 1. The number of hydrogen-bond acceptors (Lipinski definition) is 4. The first kappa shape index (κ1) is 19.3. The fourth-order valence-corrected chi connectivity index (χ4v) is 2.58. The summed E-state index contributed by atoms with van der Waals surface area (Å²) in [7, 11) is -1.13. The predicted octanol–water partition coefficient (Wildman–Crippen LogP) is 3.80. The van der Waals surface area contributed by atoms with E-state index in [-0.39, 0.29) is 0 Å². The molecule has 1 heterocycles. The quantitative estimate of drug-likeness (QED) is 0.360. The fourth-order valence-electron chi connectivity index (χ4n) is 2.58. The highest BCUT2D eigenvalue weighted by molar-refractivity contribution is 6.38. The maximum absolute atomic E-state index is 8.81. The van der Waals surface area contributed by atoms with Crippen molar-refractivity contribution in [3.05, 3.63) is 83.9 Å². The van der Waals surface area contributed by atoms with Crippen molar-refractivity contribution in [2.45, 2.75) is 13.8 Å². The normalized spacial score (nSPS) is 12.2. The second-order valence-electron chi connectivity index (χ2n) is 6.21. The van der Waals surface area contributed by atoms with Gasteiger partial charge < -0.3 is 25.4 Å². The highest BCUT2D eigenvalue weighted by Crippen LogP contribution is 2.31. The highest BCUT2D eigenvalue weighted by Gasteiger charge is 2.30. The molecule has 0 saturated heterocycles. The lowest BCUT2D eigenvalue weighted by Crippen LogP contribution is -2.23. The first-order valence-electron chi connectivity index (χ1n) is 8.86. The van der Waals surface area contributed by atoms with Crippen molar-refractivity contribution in [3.63, 3.8) is 0 Å². The van der Waals surface area contributed by atoms with Gasteiger partial charge in [0.1, 0.15) is 11.5 Å². The molecule has 0 saturated carbocycles. The molecule has 0 radical (unpaired) electrons. The summed E-state index contributed by atoms with van der Waals surface area (Å²) in [6, 6.07) is 23.0. The van der Waals surface area contributed by atoms with Gasteiger partial charge in [-0.3, -0.25) is 0 Å². The van der Waals surface area contributed by atoms with Crippen LogP contribution in [0.2, 0.25) is 0 Å². The van der Waals surface area contributed by atoms with Gasteiger partial charge in [0.05, 0.1) is 5.69 Å². The van der Waals surface area contributed by atoms with Gasteiger partial charge in [-0.2, -0.15) is 0 Å². The summed E-state index contributed by atoms with van der Waals surface area (Å²) in [6.45, 7) is 4.04. The number of aryl methyl sites for hydroxylation is 2. The molecule has 6 nitrogen and oxygen atoms in total. The zero-order valence-electron chi connectivity index (χ0n) is 15.8. The van der Waals surface area contributed by atoms with Gasteiger partial charge in [0.15, 0.2) is 5.96 Å². The molecule has 0 atom stereocenters. The van der Waals surface area contributed by atoms with E-state index in [2.05, 4.69) is 10.3 Å². The number of rotatable bonds is 2. The van der Waals surface area contributed by atoms with Gasteiger partial charge in [-0.15, -0.1) is 0 Å². The number of nitrogens with one attached hydrogen (secondary N) is 1. The number of nitrogens with zero attached hydrogens (tertiary/aromatic N) is 1. The zero-order valence-corrected chi connectivity index (χ0v) is 15.8. The van der Waals surface area contributed by atoms with Crippen LogP contribution in [0.4, 0.5) is 11.4 Å². The van der Waals surface area contributed by atoms with E-state index in [1.54, 1.807) is 12.1 Å². The Hall–Kier alpha value is -3.45. The summed E-state index contributed by atoms with van der Waals surface area (Å²) in [5.41, 5.74) is 10.0. The average molecular weight is 375 g/mol. The molecule has 142 valence electrons. The summed E-state index contributed by atoms with van der Waals surface area (Å²) >= 11 is 0. The molecule has 4 rings (SSSR count). The molecule has 1 aliphatic rings. The number of aliphatic imine (C=N–C) groups is 1. The van der Waals surface area contributed by atoms with Crippen LogP contribution in [0, 0.1) is 13.8 Å². The number of nitrogens with two attached hydrogens (primary N) is 1. The molecular formula is C21H22BN3O3. The second kappa shape index (κ2) is 8.97. The van der Waals surface area contributed by atoms with E-state index in [0.717, 1.165) is 22.5 Å². The van der Waals surface area contributed by atoms with Crippen molar-refractivity contribution < 1.29 is 14.3 Å². The van der Waals surface area contributed by atoms with Gasteiger partial charge in [0.2, 0.25) is 0 Å². The molecule has 0 spiro atoms. The predicted molar refractivity (Wildman–Crippen MR) is 113 cm³/mol. The van der Waals surface area contributed by atoms with Gasteiger partial charge in [-0.05, 0) is 49.2 Å². The molecule has 4 N–H and O–H groups in total. The third kappa shape index (κ3) is 5.05. The first-order chi connectivity index (χ1) is 13.5. The Kier molecular flexibility index (Phi) is 6.19. The van der Waals surface area contributed by atoms with Crippen LogP contribution in [0.5, 0.6) is 11.5 Å². The van der Waals surface area contributed by atoms with Crippen molar-refractivity contribution in [1.82, 2.24) is 0 Å². The van der Waals surface area contributed by atoms with Gasteiger partial charge >= 0.3 is 7.32 Å². The molecule has 0 unspecified atom stereocenters. The minimum Gasteiger partial charge on any atom is -0.498 e. The molecule has 28 heavy (non-hydrogen) atoms. The fraction of sp³-hybridized carbons (Fsp3) is 0.0952. The molecule has 0 bridgehead atoms. The van der Waals surface area contributed by atoms with Crippen molar-refractivity contribution in [2.24, 2.45) is 10.7 Å². The maximum Gasteiger partial charge on any atom is 0.785 e. The third-order valence-electron chi connectivity index (χ3n) is 4.07. The average Bonchev–Trinajstić information content (AvgIpc) is 3.06. The molecule has 7 heteroatoms. The van der Waals surface area contributed by atoms with E-state index in [1.807, 2.05) is 74.5 Å². The lowest BCUT2D eigenvalue weighted by Gasteiger charge is -2.08. The lowest BCUT2D eigenvalue weighted by atomic mass is 10.2. The van der Waals surface area contributed by atoms with Crippen molar-refractivity contribution >= 4 is 24.7 Å². The lowest BCUT2D eigenvalue weighted by molar-refractivity contribution is 0.342. The maximum atomic E-state index is 8.81. The summed E-state index contributed by atoms with van der Waals surface area (Å²) in [6.07, 6.45) is 0. The van der Waals surface area contributed by atoms with Gasteiger partial charge in [0, 0.05) is 5.69 Å². The van der Waals surface area contributed by atoms with Gasteiger partial charge in [-0.25, -0.2) is 4.99 Å². The third-order valence-corrected chi connectivity index (χ3v) is 4.07. The Bertz CT molecular complexity index is 953. The Morgan fingerprint density at radius 2 is 1.39 bits per heavy atom. The monoisotopic (exact) mass is 375 g/mol. The molecule has 1 aliphatic heterocycles. The summed E-state index contributed by atoms with van der Waals surface area (Å²) in [4.78, 5) is 4.38. The van der Waals surface area contributed by atoms with Crippen LogP contribution in [0.1, 0.15) is 11.1 Å². The van der Waals surface area contributed by atoms with E-state index in [4.69, 9.17) is 20.1 Å². The van der Waals surface area contributed by atoms with E-state index in [9.17, 15) is 0 Å². The van der Waals surface area contributed by atoms with E-state index >= 15 is 0 Å². The Morgan fingerprint density at radius 3 is 2.00 bits per heavy atom. The molecule has 0 fully saturated rings. The molecular weight excluding hydrogens is 353 g/mol. The SMILES string of the molecule is Cc1ccccc1N=C(N)Nc1ccccc1C.OB1Oc2ccccc2O1. The van der Waals surface area contributed by atoms with Crippen LogP contribution in [-0.4, -0.2) is 18.3 Å². The van der Waals surface area contributed by atoms with Gasteiger partial charge in [-0.1, -0.05) is 48.5 Å². The second-order valence-corrected chi connectivity index (χ2v) is 6.21. The van der Waals surface area contributed by atoms with Crippen LogP contribution in [0.15, 0.2) is 77.8 Å². The highest BCUT2D eigenvalue weighted by atomic mass is 16.7. The Morgan fingerprint density at radius 1 is 0.857 bits per heavy atom. The zero-order chi connectivity index (χ0) is 19.9. The van der Waals surface area contributed by atoms with Crippen molar-refractivity contribution in [1.29, 1.82) is 0 Å². The van der Waals surface area contributed by atoms with Crippen LogP contribution < -0.4 is 20.4 Å². The number of anilines is 1. The number of hydrogen-bond donors (Lipinski definition) is 3. The van der Waals surface area contributed by atoms with Crippen LogP contribution in [0.3, 0.4) is 0 Å². The van der Waals surface area contributed by atoms with Crippen LogP contribution in [-0.2, 0) is 0 Å². The smallest absolute Gasteiger partial charge is 0.498 e. The molecule has 0 aromatic heterocycles. The molecule has 0 amide bonds. The Balaban J connectivity index is 0.000000188. The first-order valence-corrected chi connectivity index (χ1v) is 8.86. The topological polar surface area (TPSA) is 89.1 Å². The number of guanidine groups is 1. The van der Waals surface area contributed by atoms with Crippen molar-refractivity contribution in [2.75, 3.05) is 5.32 Å². The molecule has 3 aromatic carbocycles. The van der Waals surface area contributed by atoms with Crippen LogP contribution in [0.25, 0.3) is 0 Å². The van der Waals surface area contributed by atoms with Crippen LogP contribution >= 0.6 is 0 Å². The largest absolute Gasteiger partial charge is 0.785 e. The van der Waals surface area contributed by atoms with E-state index in [1.165, 1.54) is 0 Å². The number of para-hydroxylation sites is 4. The summed E-state index contributed by atoms with van der Waals surface area (Å²) in [5, 5.41) is 11.9. The summed E-state index contributed by atoms with van der Waals surface area (Å²) < 4.78 is 9.68. The van der Waals surface area contributed by atoms with Crippen molar-refractivity contribution in [3.8, 4) is 11.5 Å². The van der Waals surface area contributed by atoms with Gasteiger partial charge in [0.25, 0.3) is 0 Å². The van der Waals surface area contributed by atoms with E-state index < -0.39 is 7.32 Å². The minimum absolute atomic E-state index is 0.401. The summed E-state index contributed by atoms with van der Waals surface area (Å²) in [5.74, 6) is 1.59. The minimum atomic E-state index is -1.13. The van der Waals surface area contributed by atoms with E-state index in [0.29, 0.717) is 17.5 Å². The molecule has 0 aliphatic carbocycles.